The lowest BCUT2D eigenvalue weighted by Crippen LogP contribution is -2.29. The summed E-state index contributed by atoms with van der Waals surface area (Å²) >= 11 is 6.21. The summed E-state index contributed by atoms with van der Waals surface area (Å²) in [5.41, 5.74) is 1.04. The number of carbonyl (C=O) groups excluding carboxylic acids is 1. The second-order valence-corrected chi connectivity index (χ2v) is 8.23. The van der Waals surface area contributed by atoms with Crippen LogP contribution in [0, 0.1) is 5.82 Å². The lowest BCUT2D eigenvalue weighted by molar-refractivity contribution is 0.0971. The van der Waals surface area contributed by atoms with Gasteiger partial charge in [-0.2, -0.15) is 0 Å². The molecule has 1 amide bonds. The van der Waals surface area contributed by atoms with E-state index in [2.05, 4.69) is 0 Å². The SMILES string of the molecule is CCCOc1cccc(C2c3c(oc4ccc(F)cc4c3=O)C(=O)N2c2cccc(Cl)c2)c1. The number of nitrogens with zero attached hydrogens (tertiary/aromatic N) is 1. The summed E-state index contributed by atoms with van der Waals surface area (Å²) in [5, 5.41) is 0.527. The minimum absolute atomic E-state index is 0.0658. The largest absolute Gasteiger partial charge is 0.494 e. The summed E-state index contributed by atoms with van der Waals surface area (Å²) in [6, 6.07) is 17.0. The fraction of sp³-hybridized carbons (Fsp3) is 0.154. The van der Waals surface area contributed by atoms with Crippen LogP contribution in [-0.2, 0) is 0 Å². The maximum absolute atomic E-state index is 13.9. The molecular formula is C26H19ClFNO4. The average molecular weight is 464 g/mol. The Morgan fingerprint density at radius 3 is 2.67 bits per heavy atom. The van der Waals surface area contributed by atoms with E-state index in [0.29, 0.717) is 28.6 Å². The first kappa shape index (κ1) is 21.2. The first-order chi connectivity index (χ1) is 16.0. The standard InChI is InChI=1S/C26H19ClFNO4/c1-2-11-32-19-8-3-5-15(12-19)23-22-24(30)20-14-17(28)9-10-21(20)33-25(22)26(31)29(23)18-7-4-6-16(27)13-18/h3-10,12-14,23H,2,11H2,1H3. The lowest BCUT2D eigenvalue weighted by Gasteiger charge is -2.25. The monoisotopic (exact) mass is 463 g/mol. The molecule has 33 heavy (non-hydrogen) atoms. The van der Waals surface area contributed by atoms with Gasteiger partial charge in [0.2, 0.25) is 5.76 Å². The van der Waals surface area contributed by atoms with Crippen molar-refractivity contribution < 1.29 is 18.3 Å². The quantitative estimate of drug-likeness (QED) is 0.357. The van der Waals surface area contributed by atoms with Crippen LogP contribution < -0.4 is 15.1 Å². The van der Waals surface area contributed by atoms with E-state index in [9.17, 15) is 14.0 Å². The number of amides is 1. The molecule has 2 heterocycles. The van der Waals surface area contributed by atoms with Crippen molar-refractivity contribution in [2.24, 2.45) is 0 Å². The first-order valence-electron chi connectivity index (χ1n) is 10.6. The van der Waals surface area contributed by atoms with E-state index in [4.69, 9.17) is 20.8 Å². The number of fused-ring (bicyclic) bond motifs is 2. The van der Waals surface area contributed by atoms with Crippen LogP contribution in [0.4, 0.5) is 10.1 Å². The average Bonchev–Trinajstić information content (AvgIpc) is 3.11. The molecule has 1 aromatic heterocycles. The summed E-state index contributed by atoms with van der Waals surface area (Å²) in [6.45, 7) is 2.54. The normalized spacial score (nSPS) is 15.2. The number of anilines is 1. The molecule has 1 aliphatic heterocycles. The number of benzene rings is 3. The minimum Gasteiger partial charge on any atom is -0.494 e. The Kier molecular flexibility index (Phi) is 5.38. The van der Waals surface area contributed by atoms with Gasteiger partial charge in [0.05, 0.1) is 23.6 Å². The molecule has 1 aliphatic rings. The van der Waals surface area contributed by atoms with Crippen molar-refractivity contribution >= 4 is 34.2 Å². The van der Waals surface area contributed by atoms with E-state index in [0.717, 1.165) is 12.5 Å². The highest BCUT2D eigenvalue weighted by Crippen LogP contribution is 2.42. The van der Waals surface area contributed by atoms with E-state index in [-0.39, 0.29) is 22.3 Å². The fourth-order valence-electron chi connectivity index (χ4n) is 4.15. The summed E-state index contributed by atoms with van der Waals surface area (Å²) < 4.78 is 25.6. The Morgan fingerprint density at radius 2 is 1.88 bits per heavy atom. The molecule has 1 atom stereocenters. The molecule has 0 aliphatic carbocycles. The molecule has 7 heteroatoms. The maximum atomic E-state index is 13.9. The second kappa shape index (κ2) is 8.37. The second-order valence-electron chi connectivity index (χ2n) is 7.79. The molecule has 5 nitrogen and oxygen atoms in total. The summed E-state index contributed by atoms with van der Waals surface area (Å²) in [7, 11) is 0. The van der Waals surface area contributed by atoms with E-state index < -0.39 is 23.2 Å². The molecule has 4 aromatic rings. The number of hydrogen-bond donors (Lipinski definition) is 0. The van der Waals surface area contributed by atoms with Gasteiger partial charge in [-0.05, 0) is 60.5 Å². The zero-order chi connectivity index (χ0) is 23.1. The van der Waals surface area contributed by atoms with E-state index in [1.165, 1.54) is 17.0 Å². The highest BCUT2D eigenvalue weighted by Gasteiger charge is 2.43. The van der Waals surface area contributed by atoms with Crippen molar-refractivity contribution in [3.05, 3.63) is 105 Å². The molecule has 0 bridgehead atoms. The molecule has 166 valence electrons. The third kappa shape index (κ3) is 3.66. The van der Waals surface area contributed by atoms with Gasteiger partial charge < -0.3 is 9.15 Å². The highest BCUT2D eigenvalue weighted by molar-refractivity contribution is 6.31. The zero-order valence-corrected chi connectivity index (χ0v) is 18.4. The molecule has 0 fully saturated rings. The predicted molar refractivity (Wildman–Crippen MR) is 125 cm³/mol. The van der Waals surface area contributed by atoms with Gasteiger partial charge in [-0.1, -0.05) is 36.7 Å². The van der Waals surface area contributed by atoms with Gasteiger partial charge in [-0.15, -0.1) is 0 Å². The molecule has 0 spiro atoms. The van der Waals surface area contributed by atoms with Gasteiger partial charge in [-0.3, -0.25) is 14.5 Å². The van der Waals surface area contributed by atoms with E-state index in [1.54, 1.807) is 36.4 Å². The molecule has 5 rings (SSSR count). The number of hydrogen-bond acceptors (Lipinski definition) is 4. The van der Waals surface area contributed by atoms with Gasteiger partial charge in [0, 0.05) is 10.7 Å². The molecule has 0 saturated heterocycles. The predicted octanol–water partition coefficient (Wildman–Crippen LogP) is 6.12. The molecule has 3 aromatic carbocycles. The number of carbonyl (C=O) groups is 1. The summed E-state index contributed by atoms with van der Waals surface area (Å²) in [5.74, 6) is -0.473. The molecule has 0 N–H and O–H groups in total. The van der Waals surface area contributed by atoms with Crippen molar-refractivity contribution in [3.8, 4) is 5.75 Å². The molecular weight excluding hydrogens is 445 g/mol. The van der Waals surface area contributed by atoms with Crippen LogP contribution in [0.3, 0.4) is 0 Å². The zero-order valence-electron chi connectivity index (χ0n) is 17.7. The lowest BCUT2D eigenvalue weighted by atomic mass is 9.98. The van der Waals surface area contributed by atoms with Crippen molar-refractivity contribution in [2.45, 2.75) is 19.4 Å². The molecule has 0 radical (unpaired) electrons. The highest BCUT2D eigenvalue weighted by atomic mass is 35.5. The van der Waals surface area contributed by atoms with Crippen LogP contribution in [0.5, 0.6) is 5.75 Å². The van der Waals surface area contributed by atoms with E-state index >= 15 is 0 Å². The van der Waals surface area contributed by atoms with Crippen LogP contribution >= 0.6 is 11.6 Å². The summed E-state index contributed by atoms with van der Waals surface area (Å²) in [6.07, 6.45) is 0.838. The Hall–Kier alpha value is -3.64. The van der Waals surface area contributed by atoms with Gasteiger partial charge in [-0.25, -0.2) is 4.39 Å². The Balaban J connectivity index is 1.77. The minimum atomic E-state index is -0.792. The number of halogens is 2. The maximum Gasteiger partial charge on any atom is 0.295 e. The van der Waals surface area contributed by atoms with Crippen molar-refractivity contribution in [3.63, 3.8) is 0 Å². The Bertz CT molecular complexity index is 1450. The van der Waals surface area contributed by atoms with Crippen LogP contribution in [0.15, 0.2) is 75.9 Å². The van der Waals surface area contributed by atoms with Gasteiger partial charge >= 0.3 is 0 Å². The van der Waals surface area contributed by atoms with Crippen LogP contribution in [0.25, 0.3) is 11.0 Å². The Labute approximate surface area is 194 Å². The molecule has 1 unspecified atom stereocenters. The fourth-order valence-corrected chi connectivity index (χ4v) is 4.33. The van der Waals surface area contributed by atoms with Crippen molar-refractivity contribution in [1.29, 1.82) is 0 Å². The van der Waals surface area contributed by atoms with Crippen LogP contribution in [0.2, 0.25) is 5.02 Å². The van der Waals surface area contributed by atoms with Gasteiger partial charge in [0.15, 0.2) is 5.43 Å². The van der Waals surface area contributed by atoms with Crippen LogP contribution in [0.1, 0.15) is 41.1 Å². The van der Waals surface area contributed by atoms with E-state index in [1.807, 2.05) is 19.1 Å². The van der Waals surface area contributed by atoms with Crippen LogP contribution in [-0.4, -0.2) is 12.5 Å². The first-order valence-corrected chi connectivity index (χ1v) is 10.9. The topological polar surface area (TPSA) is 59.8 Å². The van der Waals surface area contributed by atoms with Crippen molar-refractivity contribution in [1.82, 2.24) is 0 Å². The third-order valence-corrected chi connectivity index (χ3v) is 5.80. The van der Waals surface area contributed by atoms with Gasteiger partial charge in [0.25, 0.3) is 5.91 Å². The number of rotatable bonds is 5. The smallest absolute Gasteiger partial charge is 0.295 e. The summed E-state index contributed by atoms with van der Waals surface area (Å²) in [4.78, 5) is 28.6. The Morgan fingerprint density at radius 1 is 1.06 bits per heavy atom. The van der Waals surface area contributed by atoms with Gasteiger partial charge in [0.1, 0.15) is 17.1 Å². The number of ether oxygens (including phenoxy) is 1. The van der Waals surface area contributed by atoms with Crippen molar-refractivity contribution in [2.75, 3.05) is 11.5 Å². The third-order valence-electron chi connectivity index (χ3n) is 5.57. The molecule has 0 saturated carbocycles.